The molecule has 2 aromatic heterocycles. The number of hydrogen-bond acceptors (Lipinski definition) is 4. The van der Waals surface area contributed by atoms with Gasteiger partial charge in [0.2, 0.25) is 11.2 Å². The van der Waals surface area contributed by atoms with Crippen molar-refractivity contribution >= 4 is 33.2 Å². The fourth-order valence-electron chi connectivity index (χ4n) is 1.82. The van der Waals surface area contributed by atoms with Crippen molar-refractivity contribution in [2.45, 2.75) is 13.8 Å². The Kier molecular flexibility index (Phi) is 3.12. The first-order valence-electron chi connectivity index (χ1n) is 5.80. The SMILES string of the molecule is Cc1cccc(Oc2nc(Cl)nc3sccc23)c1C. The molecule has 1 aromatic carbocycles. The molecule has 0 aliphatic rings. The highest BCUT2D eigenvalue weighted by Crippen LogP contribution is 2.33. The van der Waals surface area contributed by atoms with E-state index < -0.39 is 0 Å². The zero-order valence-electron chi connectivity index (χ0n) is 10.5. The van der Waals surface area contributed by atoms with Gasteiger partial charge in [-0.15, -0.1) is 11.3 Å². The molecule has 3 nitrogen and oxygen atoms in total. The van der Waals surface area contributed by atoms with E-state index in [1.807, 2.05) is 30.5 Å². The van der Waals surface area contributed by atoms with Crippen LogP contribution in [0.1, 0.15) is 11.1 Å². The molecule has 0 saturated carbocycles. The summed E-state index contributed by atoms with van der Waals surface area (Å²) < 4.78 is 5.91. The second-order valence-corrected chi connectivity index (χ2v) is 5.47. The molecule has 5 heteroatoms. The minimum atomic E-state index is 0.204. The molecule has 0 spiro atoms. The van der Waals surface area contributed by atoms with Gasteiger partial charge >= 0.3 is 0 Å². The Labute approximate surface area is 119 Å². The average Bonchev–Trinajstić information content (AvgIpc) is 2.83. The third kappa shape index (κ3) is 2.29. The highest BCUT2D eigenvalue weighted by molar-refractivity contribution is 7.16. The van der Waals surface area contributed by atoms with Crippen molar-refractivity contribution in [2.75, 3.05) is 0 Å². The molecule has 3 aromatic rings. The van der Waals surface area contributed by atoms with Crippen molar-refractivity contribution in [3.05, 3.63) is 46.1 Å². The number of ether oxygens (including phenoxy) is 1. The molecule has 0 unspecified atom stereocenters. The lowest BCUT2D eigenvalue weighted by atomic mass is 10.1. The van der Waals surface area contributed by atoms with Crippen LogP contribution in [-0.4, -0.2) is 9.97 Å². The third-order valence-electron chi connectivity index (χ3n) is 3.02. The molecule has 19 heavy (non-hydrogen) atoms. The van der Waals surface area contributed by atoms with E-state index >= 15 is 0 Å². The third-order valence-corrected chi connectivity index (χ3v) is 4.00. The normalized spacial score (nSPS) is 10.9. The van der Waals surface area contributed by atoms with E-state index in [2.05, 4.69) is 23.0 Å². The molecule has 0 aliphatic carbocycles. The van der Waals surface area contributed by atoms with Gasteiger partial charge in [-0.05, 0) is 54.1 Å². The number of aromatic nitrogens is 2. The molecule has 0 atom stereocenters. The van der Waals surface area contributed by atoms with E-state index in [4.69, 9.17) is 16.3 Å². The van der Waals surface area contributed by atoms with Gasteiger partial charge in [-0.1, -0.05) is 12.1 Å². The van der Waals surface area contributed by atoms with Gasteiger partial charge in [-0.3, -0.25) is 0 Å². The molecule has 0 aliphatic heterocycles. The number of halogens is 1. The highest BCUT2D eigenvalue weighted by atomic mass is 35.5. The Morgan fingerprint density at radius 2 is 2.00 bits per heavy atom. The maximum absolute atomic E-state index is 5.92. The Bertz CT molecular complexity index is 754. The number of fused-ring (bicyclic) bond motifs is 1. The first kappa shape index (κ1) is 12.4. The summed E-state index contributed by atoms with van der Waals surface area (Å²) in [5.41, 5.74) is 2.28. The standard InChI is InChI=1S/C14H11ClN2OS/c1-8-4-3-5-11(9(8)2)18-12-10-6-7-19-13(10)17-14(15)16-12/h3-7H,1-2H3. The van der Waals surface area contributed by atoms with E-state index in [1.54, 1.807) is 0 Å². The molecule has 0 amide bonds. The van der Waals surface area contributed by atoms with Crippen molar-refractivity contribution in [1.82, 2.24) is 9.97 Å². The van der Waals surface area contributed by atoms with E-state index in [0.29, 0.717) is 5.88 Å². The molecule has 0 bridgehead atoms. The van der Waals surface area contributed by atoms with E-state index in [1.165, 1.54) is 16.9 Å². The summed E-state index contributed by atoms with van der Waals surface area (Å²) in [5, 5.41) is 3.04. The van der Waals surface area contributed by atoms with Crippen molar-refractivity contribution in [3.8, 4) is 11.6 Å². The lowest BCUT2D eigenvalue weighted by Crippen LogP contribution is -1.94. The lowest BCUT2D eigenvalue weighted by Gasteiger charge is -2.10. The zero-order chi connectivity index (χ0) is 13.4. The fraction of sp³-hybridized carbons (Fsp3) is 0.143. The number of benzene rings is 1. The summed E-state index contributed by atoms with van der Waals surface area (Å²) in [6.07, 6.45) is 0. The number of nitrogens with zero attached hydrogens (tertiary/aromatic N) is 2. The summed E-state index contributed by atoms with van der Waals surface area (Å²) in [6.45, 7) is 4.08. The van der Waals surface area contributed by atoms with Crippen molar-refractivity contribution < 1.29 is 4.74 Å². The molecule has 2 heterocycles. The summed E-state index contributed by atoms with van der Waals surface area (Å²) >= 11 is 7.44. The Morgan fingerprint density at radius 1 is 1.16 bits per heavy atom. The van der Waals surface area contributed by atoms with E-state index in [-0.39, 0.29) is 5.28 Å². The minimum Gasteiger partial charge on any atom is -0.438 e. The fourth-order valence-corrected chi connectivity index (χ4v) is 2.79. The second-order valence-electron chi connectivity index (χ2n) is 4.24. The van der Waals surface area contributed by atoms with Crippen LogP contribution in [0, 0.1) is 13.8 Å². The maximum atomic E-state index is 5.92. The quantitative estimate of drug-likeness (QED) is 0.639. The number of aryl methyl sites for hydroxylation is 1. The van der Waals surface area contributed by atoms with Crippen LogP contribution in [0.3, 0.4) is 0 Å². The molecule has 96 valence electrons. The van der Waals surface area contributed by atoms with Gasteiger partial charge in [0.05, 0.1) is 5.39 Å². The van der Waals surface area contributed by atoms with Crippen molar-refractivity contribution in [3.63, 3.8) is 0 Å². The predicted molar refractivity (Wildman–Crippen MR) is 78.4 cm³/mol. The van der Waals surface area contributed by atoms with Crippen LogP contribution in [0.2, 0.25) is 5.28 Å². The Morgan fingerprint density at radius 3 is 2.84 bits per heavy atom. The molecular weight excluding hydrogens is 280 g/mol. The first-order valence-corrected chi connectivity index (χ1v) is 7.06. The zero-order valence-corrected chi connectivity index (χ0v) is 12.0. The predicted octanol–water partition coefficient (Wildman–Crippen LogP) is 4.75. The van der Waals surface area contributed by atoms with Crippen LogP contribution >= 0.6 is 22.9 Å². The van der Waals surface area contributed by atoms with Crippen LogP contribution in [0.15, 0.2) is 29.6 Å². The molecule has 0 saturated heterocycles. The van der Waals surface area contributed by atoms with E-state index in [0.717, 1.165) is 21.5 Å². The first-order chi connectivity index (χ1) is 9.15. The highest BCUT2D eigenvalue weighted by Gasteiger charge is 2.11. The average molecular weight is 291 g/mol. The monoisotopic (exact) mass is 290 g/mol. The largest absolute Gasteiger partial charge is 0.438 e. The van der Waals surface area contributed by atoms with Crippen LogP contribution in [0.25, 0.3) is 10.2 Å². The topological polar surface area (TPSA) is 35.0 Å². The van der Waals surface area contributed by atoms with Gasteiger partial charge in [-0.25, -0.2) is 4.98 Å². The van der Waals surface area contributed by atoms with Gasteiger partial charge in [0, 0.05) is 0 Å². The van der Waals surface area contributed by atoms with Gasteiger partial charge < -0.3 is 4.74 Å². The van der Waals surface area contributed by atoms with Crippen LogP contribution in [0.5, 0.6) is 11.6 Å². The van der Waals surface area contributed by atoms with Gasteiger partial charge in [-0.2, -0.15) is 4.98 Å². The molecule has 0 fully saturated rings. The molecular formula is C14H11ClN2OS. The summed E-state index contributed by atoms with van der Waals surface area (Å²) in [7, 11) is 0. The van der Waals surface area contributed by atoms with E-state index in [9.17, 15) is 0 Å². The Hall–Kier alpha value is -1.65. The number of thiophene rings is 1. The van der Waals surface area contributed by atoms with Crippen molar-refractivity contribution in [2.24, 2.45) is 0 Å². The second kappa shape index (κ2) is 4.79. The smallest absolute Gasteiger partial charge is 0.232 e. The molecule has 0 radical (unpaired) electrons. The minimum absolute atomic E-state index is 0.204. The van der Waals surface area contributed by atoms with Crippen molar-refractivity contribution in [1.29, 1.82) is 0 Å². The van der Waals surface area contributed by atoms with Gasteiger partial charge in [0.1, 0.15) is 10.6 Å². The summed E-state index contributed by atoms with van der Waals surface area (Å²) in [5.74, 6) is 1.30. The van der Waals surface area contributed by atoms with Gasteiger partial charge in [0.25, 0.3) is 0 Å². The summed E-state index contributed by atoms with van der Waals surface area (Å²) in [4.78, 5) is 9.18. The Balaban J connectivity index is 2.10. The summed E-state index contributed by atoms with van der Waals surface area (Å²) in [6, 6.07) is 7.88. The lowest BCUT2D eigenvalue weighted by molar-refractivity contribution is 0.464. The molecule has 3 rings (SSSR count). The number of rotatable bonds is 2. The molecule has 0 N–H and O–H groups in total. The van der Waals surface area contributed by atoms with Crippen LogP contribution in [0.4, 0.5) is 0 Å². The van der Waals surface area contributed by atoms with Crippen LogP contribution < -0.4 is 4.74 Å². The van der Waals surface area contributed by atoms with Crippen LogP contribution in [-0.2, 0) is 0 Å². The number of hydrogen-bond donors (Lipinski definition) is 0. The maximum Gasteiger partial charge on any atom is 0.232 e. The van der Waals surface area contributed by atoms with Gasteiger partial charge in [0.15, 0.2) is 0 Å².